The third-order valence-electron chi connectivity index (χ3n) is 7.24. The standard InChI is InChI=1S/C28H32N7O2P/c1-18-11-12-20(34(18)3)17-33(2)28(36)22-7-5-10-25(31-22)35-16-19(15-30-35)21-13-14-29-27(32-21)26-23(37-4)8-6-9-24(26)38/h5-10,13-16,18,20H,11-12,17,38H2,1-4H3. The minimum atomic E-state index is -0.0994. The number of amides is 1. The monoisotopic (exact) mass is 529 g/mol. The number of likely N-dealkylation sites (N-methyl/N-ethyl adjacent to an activating group) is 2. The van der Waals surface area contributed by atoms with Gasteiger partial charge in [-0.05, 0) is 56.4 Å². The number of carbonyl (C=O) groups is 1. The molecule has 1 fully saturated rings. The van der Waals surface area contributed by atoms with Gasteiger partial charge >= 0.3 is 0 Å². The lowest BCUT2D eigenvalue weighted by Crippen LogP contribution is -2.41. The predicted octanol–water partition coefficient (Wildman–Crippen LogP) is 3.46. The van der Waals surface area contributed by atoms with Crippen LogP contribution in [0.1, 0.15) is 30.3 Å². The van der Waals surface area contributed by atoms with E-state index >= 15 is 0 Å². The minimum absolute atomic E-state index is 0.0994. The lowest BCUT2D eigenvalue weighted by molar-refractivity contribution is 0.0748. The zero-order valence-electron chi connectivity index (χ0n) is 22.1. The van der Waals surface area contributed by atoms with Gasteiger partial charge in [-0.2, -0.15) is 5.10 Å². The van der Waals surface area contributed by atoms with E-state index in [0.29, 0.717) is 41.7 Å². The zero-order valence-corrected chi connectivity index (χ0v) is 23.2. The van der Waals surface area contributed by atoms with E-state index in [-0.39, 0.29) is 5.91 Å². The first kappa shape index (κ1) is 25.9. The number of methoxy groups -OCH3 is 1. The van der Waals surface area contributed by atoms with E-state index in [2.05, 4.69) is 43.2 Å². The summed E-state index contributed by atoms with van der Waals surface area (Å²) in [5.41, 5.74) is 2.75. The molecule has 1 aromatic carbocycles. The Labute approximate surface area is 225 Å². The summed E-state index contributed by atoms with van der Waals surface area (Å²) >= 11 is 0. The van der Waals surface area contributed by atoms with Crippen molar-refractivity contribution in [2.24, 2.45) is 0 Å². The molecule has 3 atom stereocenters. The number of benzene rings is 1. The molecule has 1 saturated heterocycles. The average Bonchev–Trinajstić information content (AvgIpc) is 3.56. The van der Waals surface area contributed by atoms with Crippen molar-refractivity contribution in [3.8, 4) is 34.2 Å². The molecule has 1 amide bonds. The van der Waals surface area contributed by atoms with Crippen LogP contribution >= 0.6 is 9.24 Å². The highest BCUT2D eigenvalue weighted by Gasteiger charge is 2.29. The van der Waals surface area contributed by atoms with Crippen LogP contribution in [0.2, 0.25) is 0 Å². The smallest absolute Gasteiger partial charge is 0.272 e. The van der Waals surface area contributed by atoms with Crippen LogP contribution in [0.3, 0.4) is 0 Å². The Bertz CT molecular complexity index is 1460. The highest BCUT2D eigenvalue weighted by atomic mass is 31.0. The van der Waals surface area contributed by atoms with E-state index < -0.39 is 0 Å². The summed E-state index contributed by atoms with van der Waals surface area (Å²) in [4.78, 5) is 31.2. The number of hydrogen-bond donors (Lipinski definition) is 0. The molecule has 1 aliphatic heterocycles. The topological polar surface area (TPSA) is 89.3 Å². The number of hydrogen-bond acceptors (Lipinski definition) is 7. The molecule has 196 valence electrons. The van der Waals surface area contributed by atoms with Crippen LogP contribution in [0, 0.1) is 0 Å². The van der Waals surface area contributed by atoms with E-state index in [0.717, 1.165) is 35.0 Å². The molecule has 0 radical (unpaired) electrons. The maximum Gasteiger partial charge on any atom is 0.272 e. The highest BCUT2D eigenvalue weighted by Crippen LogP contribution is 2.28. The lowest BCUT2D eigenvalue weighted by atomic mass is 10.1. The Hall–Kier alpha value is -3.68. The Morgan fingerprint density at radius 1 is 1.16 bits per heavy atom. The quantitative estimate of drug-likeness (QED) is 0.339. The second-order valence-corrected chi connectivity index (χ2v) is 10.3. The fraction of sp³-hybridized carbons (Fsp3) is 0.321. The van der Waals surface area contributed by atoms with Crippen molar-refractivity contribution < 1.29 is 9.53 Å². The number of nitrogens with zero attached hydrogens (tertiary/aromatic N) is 7. The van der Waals surface area contributed by atoms with E-state index in [4.69, 9.17) is 9.72 Å². The molecule has 3 aromatic heterocycles. The highest BCUT2D eigenvalue weighted by molar-refractivity contribution is 7.28. The molecule has 0 aliphatic carbocycles. The molecular formula is C28H32N7O2P. The average molecular weight is 530 g/mol. The number of pyridine rings is 1. The summed E-state index contributed by atoms with van der Waals surface area (Å²) in [6, 6.07) is 14.0. The van der Waals surface area contributed by atoms with Gasteiger partial charge in [0.2, 0.25) is 0 Å². The van der Waals surface area contributed by atoms with Gasteiger partial charge < -0.3 is 9.64 Å². The zero-order chi connectivity index (χ0) is 26.8. The second kappa shape index (κ2) is 11.0. The Morgan fingerprint density at radius 3 is 2.74 bits per heavy atom. The number of ether oxygens (including phenoxy) is 1. The SMILES string of the molecule is COc1cccc(P)c1-c1nccc(-c2cnn(-c3cccc(C(=O)N(C)CC4CCC(C)N4C)n3)c2)n1. The molecule has 3 unspecified atom stereocenters. The molecule has 5 rings (SSSR count). The number of aromatic nitrogens is 5. The van der Waals surface area contributed by atoms with Gasteiger partial charge in [0.05, 0.1) is 24.6 Å². The normalized spacial score (nSPS) is 17.5. The van der Waals surface area contributed by atoms with Gasteiger partial charge in [0.25, 0.3) is 5.91 Å². The van der Waals surface area contributed by atoms with Gasteiger partial charge in [-0.25, -0.2) is 19.6 Å². The number of rotatable bonds is 7. The van der Waals surface area contributed by atoms with Gasteiger partial charge in [0, 0.05) is 43.6 Å². The Kier molecular flexibility index (Phi) is 7.49. The molecule has 0 N–H and O–H groups in total. The number of likely N-dealkylation sites (tertiary alicyclic amines) is 1. The Balaban J connectivity index is 1.36. The van der Waals surface area contributed by atoms with Gasteiger partial charge in [-0.1, -0.05) is 18.2 Å². The fourth-order valence-corrected chi connectivity index (χ4v) is 5.25. The van der Waals surface area contributed by atoms with E-state index in [1.165, 1.54) is 0 Å². The van der Waals surface area contributed by atoms with Gasteiger partial charge in [-0.3, -0.25) is 9.69 Å². The maximum atomic E-state index is 13.2. The largest absolute Gasteiger partial charge is 0.496 e. The summed E-state index contributed by atoms with van der Waals surface area (Å²) < 4.78 is 7.19. The molecular weight excluding hydrogens is 497 g/mol. The molecule has 0 spiro atoms. The molecule has 38 heavy (non-hydrogen) atoms. The van der Waals surface area contributed by atoms with Crippen LogP contribution in [-0.2, 0) is 0 Å². The summed E-state index contributed by atoms with van der Waals surface area (Å²) in [5.74, 6) is 1.73. The fourth-order valence-electron chi connectivity index (χ4n) is 4.86. The van der Waals surface area contributed by atoms with Crippen LogP contribution in [0.25, 0.3) is 28.5 Å². The van der Waals surface area contributed by atoms with Crippen molar-refractivity contribution in [1.82, 2.24) is 34.5 Å². The molecule has 0 saturated carbocycles. The van der Waals surface area contributed by atoms with E-state index in [9.17, 15) is 4.79 Å². The van der Waals surface area contributed by atoms with Crippen LogP contribution in [0.5, 0.6) is 5.75 Å². The van der Waals surface area contributed by atoms with E-state index in [1.807, 2.05) is 49.6 Å². The molecule has 1 aliphatic rings. The van der Waals surface area contributed by atoms with E-state index in [1.54, 1.807) is 35.2 Å². The van der Waals surface area contributed by atoms with Crippen molar-refractivity contribution in [2.75, 3.05) is 27.7 Å². The summed E-state index contributed by atoms with van der Waals surface area (Å²) in [6.45, 7) is 2.91. The first-order valence-corrected chi connectivity index (χ1v) is 13.2. The van der Waals surface area contributed by atoms with Gasteiger partial charge in [0.1, 0.15) is 11.4 Å². The molecule has 0 bridgehead atoms. The van der Waals surface area contributed by atoms with Crippen LogP contribution < -0.4 is 10.0 Å². The minimum Gasteiger partial charge on any atom is -0.496 e. The third kappa shape index (κ3) is 5.17. The number of carbonyl (C=O) groups excluding carboxylic acids is 1. The van der Waals surface area contributed by atoms with Gasteiger partial charge in [0.15, 0.2) is 11.6 Å². The van der Waals surface area contributed by atoms with Gasteiger partial charge in [-0.15, -0.1) is 9.24 Å². The molecule has 9 nitrogen and oxygen atoms in total. The predicted molar refractivity (Wildman–Crippen MR) is 151 cm³/mol. The second-order valence-electron chi connectivity index (χ2n) is 9.68. The molecule has 10 heteroatoms. The molecule has 4 aromatic rings. The maximum absolute atomic E-state index is 13.2. The van der Waals surface area contributed by atoms with Crippen molar-refractivity contribution in [3.63, 3.8) is 0 Å². The lowest BCUT2D eigenvalue weighted by Gasteiger charge is -2.27. The molecule has 4 heterocycles. The first-order chi connectivity index (χ1) is 18.4. The summed E-state index contributed by atoms with van der Waals surface area (Å²) in [6.07, 6.45) is 7.56. The van der Waals surface area contributed by atoms with Crippen molar-refractivity contribution in [3.05, 3.63) is 66.7 Å². The third-order valence-corrected chi connectivity index (χ3v) is 7.73. The van der Waals surface area contributed by atoms with Crippen LogP contribution in [0.15, 0.2) is 61.1 Å². The van der Waals surface area contributed by atoms with Crippen molar-refractivity contribution >= 4 is 20.5 Å². The van der Waals surface area contributed by atoms with Crippen molar-refractivity contribution in [2.45, 2.75) is 31.8 Å². The Morgan fingerprint density at radius 2 is 1.97 bits per heavy atom. The van der Waals surface area contributed by atoms with Crippen LogP contribution in [-0.4, -0.2) is 80.3 Å². The summed E-state index contributed by atoms with van der Waals surface area (Å²) in [7, 11) is 8.31. The first-order valence-electron chi connectivity index (χ1n) is 12.6. The summed E-state index contributed by atoms with van der Waals surface area (Å²) in [5, 5.41) is 5.44. The van der Waals surface area contributed by atoms with Crippen LogP contribution in [0.4, 0.5) is 0 Å². The van der Waals surface area contributed by atoms with Crippen molar-refractivity contribution in [1.29, 1.82) is 0 Å².